The van der Waals surface area contributed by atoms with Gasteiger partial charge in [0.05, 0.1) is 7.11 Å². The summed E-state index contributed by atoms with van der Waals surface area (Å²) < 4.78 is 5.25. The van der Waals surface area contributed by atoms with E-state index in [1.807, 2.05) is 12.1 Å². The quantitative estimate of drug-likeness (QED) is 0.818. The molecule has 0 saturated heterocycles. The Morgan fingerprint density at radius 1 is 1.47 bits per heavy atom. The minimum Gasteiger partial charge on any atom is -0.497 e. The highest BCUT2D eigenvalue weighted by molar-refractivity contribution is 5.35. The van der Waals surface area contributed by atoms with Crippen molar-refractivity contribution in [3.63, 3.8) is 0 Å². The number of rotatable bonds is 4. The van der Waals surface area contributed by atoms with Gasteiger partial charge in [-0.3, -0.25) is 0 Å². The molecule has 0 aliphatic heterocycles. The van der Waals surface area contributed by atoms with Crippen molar-refractivity contribution in [2.75, 3.05) is 13.7 Å². The summed E-state index contributed by atoms with van der Waals surface area (Å²) in [6, 6.07) is 8.30. The molecule has 2 rings (SSSR count). The van der Waals surface area contributed by atoms with Crippen LogP contribution in [0.4, 0.5) is 0 Å². The molecule has 0 radical (unpaired) electrons. The Balaban J connectivity index is 2.33. The molecule has 1 aromatic carbocycles. The van der Waals surface area contributed by atoms with Crippen molar-refractivity contribution in [1.82, 2.24) is 0 Å². The predicted octanol–water partition coefficient (Wildman–Crippen LogP) is 2.32. The second kappa shape index (κ2) is 3.86. The number of benzene rings is 1. The van der Waals surface area contributed by atoms with Gasteiger partial charge < -0.3 is 10.5 Å². The molecule has 82 valence electrons. The summed E-state index contributed by atoms with van der Waals surface area (Å²) in [6.07, 6.45) is 2.62. The van der Waals surface area contributed by atoms with Gasteiger partial charge in [0.2, 0.25) is 0 Å². The smallest absolute Gasteiger partial charge is 0.119 e. The van der Waals surface area contributed by atoms with Crippen LogP contribution in [0.1, 0.15) is 25.3 Å². The third kappa shape index (κ3) is 1.86. The van der Waals surface area contributed by atoms with Crippen LogP contribution in [0.5, 0.6) is 5.75 Å². The van der Waals surface area contributed by atoms with Gasteiger partial charge in [-0.2, -0.15) is 0 Å². The van der Waals surface area contributed by atoms with Crippen molar-refractivity contribution in [3.05, 3.63) is 29.8 Å². The Morgan fingerprint density at radius 3 is 2.73 bits per heavy atom. The lowest BCUT2D eigenvalue weighted by molar-refractivity contribution is 0.400. The van der Waals surface area contributed by atoms with Crippen molar-refractivity contribution in [2.45, 2.75) is 25.2 Å². The first kappa shape index (κ1) is 10.5. The molecule has 2 N–H and O–H groups in total. The molecule has 0 spiro atoms. The van der Waals surface area contributed by atoms with E-state index in [0.717, 1.165) is 11.7 Å². The summed E-state index contributed by atoms with van der Waals surface area (Å²) >= 11 is 0. The molecule has 0 amide bonds. The standard InChI is InChI=1S/C13H19NO/c1-13(9-14,10-6-7-10)11-4-3-5-12(8-11)15-2/h3-5,8,10H,6-7,9,14H2,1-2H3. The first-order valence-corrected chi connectivity index (χ1v) is 5.55. The number of hydrogen-bond donors (Lipinski definition) is 1. The number of ether oxygens (including phenoxy) is 1. The summed E-state index contributed by atoms with van der Waals surface area (Å²) in [5, 5.41) is 0. The van der Waals surface area contributed by atoms with Crippen LogP contribution in [0, 0.1) is 5.92 Å². The predicted molar refractivity (Wildman–Crippen MR) is 62.1 cm³/mol. The maximum absolute atomic E-state index is 5.93. The van der Waals surface area contributed by atoms with E-state index < -0.39 is 0 Å². The van der Waals surface area contributed by atoms with Crippen LogP contribution >= 0.6 is 0 Å². The Bertz CT molecular complexity index is 346. The van der Waals surface area contributed by atoms with Crippen LogP contribution in [0.25, 0.3) is 0 Å². The summed E-state index contributed by atoms with van der Waals surface area (Å²) in [5.74, 6) is 1.68. The fourth-order valence-electron chi connectivity index (χ4n) is 2.22. The molecule has 2 nitrogen and oxygen atoms in total. The van der Waals surface area contributed by atoms with E-state index in [-0.39, 0.29) is 5.41 Å². The van der Waals surface area contributed by atoms with Gasteiger partial charge in [0, 0.05) is 12.0 Å². The van der Waals surface area contributed by atoms with Gasteiger partial charge in [0.15, 0.2) is 0 Å². The molecular formula is C13H19NO. The second-order valence-corrected chi connectivity index (χ2v) is 4.63. The highest BCUT2D eigenvalue weighted by Crippen LogP contribution is 2.47. The summed E-state index contributed by atoms with van der Waals surface area (Å²) in [4.78, 5) is 0. The van der Waals surface area contributed by atoms with Gasteiger partial charge in [0.1, 0.15) is 5.75 Å². The van der Waals surface area contributed by atoms with Crippen molar-refractivity contribution in [1.29, 1.82) is 0 Å². The molecule has 1 aromatic rings. The van der Waals surface area contributed by atoms with Crippen molar-refractivity contribution >= 4 is 0 Å². The van der Waals surface area contributed by atoms with Crippen LogP contribution in [0.2, 0.25) is 0 Å². The minimum atomic E-state index is 0.133. The summed E-state index contributed by atoms with van der Waals surface area (Å²) in [6.45, 7) is 2.98. The Morgan fingerprint density at radius 2 is 2.20 bits per heavy atom. The van der Waals surface area contributed by atoms with Crippen molar-refractivity contribution < 1.29 is 4.74 Å². The van der Waals surface area contributed by atoms with Crippen molar-refractivity contribution in [3.8, 4) is 5.75 Å². The molecule has 1 atom stereocenters. The molecule has 1 aliphatic carbocycles. The molecule has 0 bridgehead atoms. The molecule has 1 fully saturated rings. The Hall–Kier alpha value is -1.02. The van der Waals surface area contributed by atoms with E-state index in [0.29, 0.717) is 6.54 Å². The highest BCUT2D eigenvalue weighted by atomic mass is 16.5. The maximum Gasteiger partial charge on any atom is 0.119 e. The van der Waals surface area contributed by atoms with Gasteiger partial charge in [-0.1, -0.05) is 19.1 Å². The van der Waals surface area contributed by atoms with E-state index >= 15 is 0 Å². The first-order chi connectivity index (χ1) is 7.20. The van der Waals surface area contributed by atoms with Crippen LogP contribution in [-0.4, -0.2) is 13.7 Å². The maximum atomic E-state index is 5.93. The third-order valence-electron chi connectivity index (χ3n) is 3.63. The average molecular weight is 205 g/mol. The second-order valence-electron chi connectivity index (χ2n) is 4.63. The monoisotopic (exact) mass is 205 g/mol. The molecule has 1 unspecified atom stereocenters. The first-order valence-electron chi connectivity index (χ1n) is 5.55. The van der Waals surface area contributed by atoms with Gasteiger partial charge in [0.25, 0.3) is 0 Å². The van der Waals surface area contributed by atoms with Crippen LogP contribution in [0.15, 0.2) is 24.3 Å². The van der Waals surface area contributed by atoms with Gasteiger partial charge in [-0.15, -0.1) is 0 Å². The zero-order valence-corrected chi connectivity index (χ0v) is 9.49. The van der Waals surface area contributed by atoms with Gasteiger partial charge >= 0.3 is 0 Å². The largest absolute Gasteiger partial charge is 0.497 e. The van der Waals surface area contributed by atoms with Crippen LogP contribution < -0.4 is 10.5 Å². The SMILES string of the molecule is COc1cccc(C(C)(CN)C2CC2)c1. The molecular weight excluding hydrogens is 186 g/mol. The van der Waals surface area contributed by atoms with E-state index in [9.17, 15) is 0 Å². The van der Waals surface area contributed by atoms with Gasteiger partial charge in [-0.25, -0.2) is 0 Å². The molecule has 0 heterocycles. The lowest BCUT2D eigenvalue weighted by Gasteiger charge is -2.29. The van der Waals surface area contributed by atoms with E-state index in [1.54, 1.807) is 7.11 Å². The zero-order valence-electron chi connectivity index (χ0n) is 9.49. The highest BCUT2D eigenvalue weighted by Gasteiger charge is 2.41. The molecule has 15 heavy (non-hydrogen) atoms. The molecule has 1 aliphatic rings. The zero-order chi connectivity index (χ0) is 10.9. The molecule has 0 aromatic heterocycles. The molecule has 2 heteroatoms. The van der Waals surface area contributed by atoms with Crippen molar-refractivity contribution in [2.24, 2.45) is 11.7 Å². The van der Waals surface area contributed by atoms with E-state index in [4.69, 9.17) is 10.5 Å². The van der Waals surface area contributed by atoms with E-state index in [2.05, 4.69) is 19.1 Å². The van der Waals surface area contributed by atoms with E-state index in [1.165, 1.54) is 18.4 Å². The fraction of sp³-hybridized carbons (Fsp3) is 0.538. The van der Waals surface area contributed by atoms with Gasteiger partial charge in [-0.05, 0) is 36.5 Å². The number of hydrogen-bond acceptors (Lipinski definition) is 2. The normalized spacial score (nSPS) is 19.7. The summed E-state index contributed by atoms with van der Waals surface area (Å²) in [5.41, 5.74) is 7.38. The molecule has 1 saturated carbocycles. The summed E-state index contributed by atoms with van der Waals surface area (Å²) in [7, 11) is 1.70. The fourth-order valence-corrected chi connectivity index (χ4v) is 2.22. The van der Waals surface area contributed by atoms with Crippen LogP contribution in [-0.2, 0) is 5.41 Å². The lowest BCUT2D eigenvalue weighted by Crippen LogP contribution is -2.34. The Labute approximate surface area is 91.4 Å². The minimum absolute atomic E-state index is 0.133. The topological polar surface area (TPSA) is 35.2 Å². The Kier molecular flexibility index (Phi) is 2.70. The third-order valence-corrected chi connectivity index (χ3v) is 3.63. The number of nitrogens with two attached hydrogens (primary N) is 1. The van der Waals surface area contributed by atoms with Crippen LogP contribution in [0.3, 0.4) is 0 Å². The average Bonchev–Trinajstić information content (AvgIpc) is 3.12. The number of methoxy groups -OCH3 is 1. The lowest BCUT2D eigenvalue weighted by atomic mass is 9.78.